The Morgan fingerprint density at radius 3 is 2.57 bits per heavy atom. The Morgan fingerprint density at radius 2 is 2.00 bits per heavy atom. The Bertz CT molecular complexity index is 796. The van der Waals surface area contributed by atoms with Crippen molar-refractivity contribution in [3.8, 4) is 0 Å². The molecule has 1 N–H and O–H groups in total. The van der Waals surface area contributed by atoms with Crippen LogP contribution in [0.5, 0.6) is 0 Å². The molecule has 1 heterocycles. The molecule has 0 atom stereocenters. The van der Waals surface area contributed by atoms with E-state index in [1.807, 2.05) is 12.3 Å². The molecule has 1 aromatic heterocycles. The second kappa shape index (κ2) is 7.20. The fourth-order valence-corrected chi connectivity index (χ4v) is 4.28. The van der Waals surface area contributed by atoms with Crippen molar-refractivity contribution < 1.29 is 13.2 Å². The van der Waals surface area contributed by atoms with Crippen LogP contribution in [0.2, 0.25) is 0 Å². The maximum Gasteiger partial charge on any atom is 0.257 e. The number of aromatic nitrogens is 1. The van der Waals surface area contributed by atoms with Crippen LogP contribution in [0.3, 0.4) is 0 Å². The molecule has 23 heavy (non-hydrogen) atoms. The van der Waals surface area contributed by atoms with E-state index in [0.717, 1.165) is 5.69 Å². The normalized spacial score (nSPS) is 11.7. The molecule has 0 unspecified atom stereocenters. The first-order valence-electron chi connectivity index (χ1n) is 7.22. The molecule has 8 heteroatoms. The third-order valence-electron chi connectivity index (χ3n) is 3.28. The molecule has 6 nitrogen and oxygen atoms in total. The third-order valence-corrected chi connectivity index (χ3v) is 6.20. The van der Waals surface area contributed by atoms with Crippen LogP contribution in [-0.4, -0.2) is 36.7 Å². The number of carbonyl (C=O) groups excluding carboxylic acids is 1. The van der Waals surface area contributed by atoms with Gasteiger partial charge >= 0.3 is 0 Å². The molecular formula is C15H19N3O3S2. The highest BCUT2D eigenvalue weighted by atomic mass is 32.2. The van der Waals surface area contributed by atoms with Gasteiger partial charge < -0.3 is 0 Å². The van der Waals surface area contributed by atoms with Crippen molar-refractivity contribution in [2.75, 3.05) is 18.4 Å². The van der Waals surface area contributed by atoms with Crippen LogP contribution in [0.25, 0.3) is 0 Å². The molecule has 1 aromatic carbocycles. The lowest BCUT2D eigenvalue weighted by Crippen LogP contribution is -2.30. The quantitative estimate of drug-likeness (QED) is 0.866. The van der Waals surface area contributed by atoms with E-state index in [1.54, 1.807) is 26.0 Å². The van der Waals surface area contributed by atoms with Crippen LogP contribution < -0.4 is 5.32 Å². The molecule has 0 aliphatic heterocycles. The zero-order valence-electron chi connectivity index (χ0n) is 13.2. The molecule has 0 spiro atoms. The summed E-state index contributed by atoms with van der Waals surface area (Å²) in [5, 5.41) is 5.00. The third kappa shape index (κ3) is 3.95. The summed E-state index contributed by atoms with van der Waals surface area (Å²) in [5.41, 5.74) is 1.11. The number of hydrogen-bond donors (Lipinski definition) is 1. The summed E-state index contributed by atoms with van der Waals surface area (Å²) in [7, 11) is -3.59. The minimum atomic E-state index is -3.59. The standard InChI is InChI=1S/C15H19N3O3S2/c1-4-18(5-2)23(20,21)13-8-6-7-12(9-13)14(19)17-15-16-11(3)10-22-15/h6-10H,4-5H2,1-3H3,(H,16,17,19). The van der Waals surface area contributed by atoms with Gasteiger partial charge in [0.2, 0.25) is 10.0 Å². The molecule has 0 fully saturated rings. The van der Waals surface area contributed by atoms with Crippen LogP contribution in [0.4, 0.5) is 5.13 Å². The number of benzene rings is 1. The highest BCUT2D eigenvalue weighted by molar-refractivity contribution is 7.89. The molecule has 0 aliphatic carbocycles. The lowest BCUT2D eigenvalue weighted by Gasteiger charge is -2.18. The largest absolute Gasteiger partial charge is 0.298 e. The van der Waals surface area contributed by atoms with Gasteiger partial charge in [0.25, 0.3) is 5.91 Å². The highest BCUT2D eigenvalue weighted by Crippen LogP contribution is 2.19. The van der Waals surface area contributed by atoms with Crippen molar-refractivity contribution in [1.29, 1.82) is 0 Å². The Balaban J connectivity index is 2.27. The fourth-order valence-electron chi connectivity index (χ4n) is 2.09. The van der Waals surface area contributed by atoms with Gasteiger partial charge in [-0.1, -0.05) is 19.9 Å². The lowest BCUT2D eigenvalue weighted by molar-refractivity contribution is 0.102. The Morgan fingerprint density at radius 1 is 1.30 bits per heavy atom. The first kappa shape index (κ1) is 17.6. The molecule has 0 saturated carbocycles. The van der Waals surface area contributed by atoms with Gasteiger partial charge in [-0.3, -0.25) is 10.1 Å². The number of rotatable bonds is 6. The molecule has 2 aromatic rings. The van der Waals surface area contributed by atoms with E-state index in [2.05, 4.69) is 10.3 Å². The van der Waals surface area contributed by atoms with Crippen molar-refractivity contribution in [3.63, 3.8) is 0 Å². The number of nitrogens with one attached hydrogen (secondary N) is 1. The molecule has 0 aliphatic rings. The van der Waals surface area contributed by atoms with E-state index in [4.69, 9.17) is 0 Å². The van der Waals surface area contributed by atoms with Crippen molar-refractivity contribution in [3.05, 3.63) is 40.9 Å². The average molecular weight is 353 g/mol. The number of sulfonamides is 1. The van der Waals surface area contributed by atoms with Crippen LogP contribution in [0.15, 0.2) is 34.5 Å². The van der Waals surface area contributed by atoms with E-state index in [1.165, 1.54) is 27.8 Å². The Hall–Kier alpha value is -1.77. The summed E-state index contributed by atoms with van der Waals surface area (Å²) >= 11 is 1.32. The number of anilines is 1. The predicted molar refractivity (Wildman–Crippen MR) is 91.4 cm³/mol. The van der Waals surface area contributed by atoms with Gasteiger partial charge in [0.05, 0.1) is 10.6 Å². The number of hydrogen-bond acceptors (Lipinski definition) is 5. The predicted octanol–water partition coefficient (Wildman–Crippen LogP) is 2.73. The van der Waals surface area contributed by atoms with Crippen molar-refractivity contribution >= 4 is 32.4 Å². The summed E-state index contributed by atoms with van der Waals surface area (Å²) in [5.74, 6) is -0.379. The maximum absolute atomic E-state index is 12.5. The smallest absolute Gasteiger partial charge is 0.257 e. The molecule has 0 bridgehead atoms. The van der Waals surface area contributed by atoms with Crippen molar-refractivity contribution in [2.45, 2.75) is 25.7 Å². The Kier molecular flexibility index (Phi) is 5.51. The summed E-state index contributed by atoms with van der Waals surface area (Å²) in [6, 6.07) is 6.04. The fraction of sp³-hybridized carbons (Fsp3) is 0.333. The van der Waals surface area contributed by atoms with Crippen LogP contribution in [-0.2, 0) is 10.0 Å². The Labute approximate surface area is 140 Å². The van der Waals surface area contributed by atoms with Gasteiger partial charge in [-0.15, -0.1) is 11.3 Å². The monoisotopic (exact) mass is 353 g/mol. The molecule has 1 amide bonds. The number of amides is 1. The van der Waals surface area contributed by atoms with E-state index in [-0.39, 0.29) is 16.4 Å². The zero-order valence-corrected chi connectivity index (χ0v) is 14.9. The zero-order chi connectivity index (χ0) is 17.0. The minimum absolute atomic E-state index is 0.115. The van der Waals surface area contributed by atoms with E-state index in [9.17, 15) is 13.2 Å². The van der Waals surface area contributed by atoms with E-state index >= 15 is 0 Å². The number of nitrogens with zero attached hydrogens (tertiary/aromatic N) is 2. The van der Waals surface area contributed by atoms with Gasteiger partial charge in [0.15, 0.2) is 5.13 Å². The van der Waals surface area contributed by atoms with Crippen LogP contribution in [0, 0.1) is 6.92 Å². The van der Waals surface area contributed by atoms with Crippen molar-refractivity contribution in [1.82, 2.24) is 9.29 Å². The summed E-state index contributed by atoms with van der Waals surface area (Å²) in [4.78, 5) is 16.5. The summed E-state index contributed by atoms with van der Waals surface area (Å²) in [6.45, 7) is 6.16. The molecular weight excluding hydrogens is 334 g/mol. The minimum Gasteiger partial charge on any atom is -0.298 e. The van der Waals surface area contributed by atoms with E-state index < -0.39 is 10.0 Å². The van der Waals surface area contributed by atoms with Gasteiger partial charge in [-0.2, -0.15) is 4.31 Å². The van der Waals surface area contributed by atoms with Gasteiger partial charge in [-0.25, -0.2) is 13.4 Å². The number of thiazole rings is 1. The molecule has 2 rings (SSSR count). The second-order valence-electron chi connectivity index (χ2n) is 4.87. The van der Waals surface area contributed by atoms with Crippen LogP contribution in [0.1, 0.15) is 29.9 Å². The number of aryl methyl sites for hydroxylation is 1. The van der Waals surface area contributed by atoms with Crippen molar-refractivity contribution in [2.24, 2.45) is 0 Å². The average Bonchev–Trinajstić information content (AvgIpc) is 2.93. The molecule has 124 valence electrons. The van der Waals surface area contributed by atoms with Gasteiger partial charge in [-0.05, 0) is 25.1 Å². The molecule has 0 radical (unpaired) electrons. The van der Waals surface area contributed by atoms with Gasteiger partial charge in [0.1, 0.15) is 0 Å². The SMILES string of the molecule is CCN(CC)S(=O)(=O)c1cccc(C(=O)Nc2nc(C)cs2)c1. The van der Waals surface area contributed by atoms with E-state index in [0.29, 0.717) is 18.2 Å². The summed E-state index contributed by atoms with van der Waals surface area (Å²) < 4.78 is 26.4. The van der Waals surface area contributed by atoms with Gasteiger partial charge in [0, 0.05) is 24.0 Å². The highest BCUT2D eigenvalue weighted by Gasteiger charge is 2.22. The lowest BCUT2D eigenvalue weighted by atomic mass is 10.2. The summed E-state index contributed by atoms with van der Waals surface area (Å²) in [6.07, 6.45) is 0. The molecule has 0 saturated heterocycles. The second-order valence-corrected chi connectivity index (χ2v) is 7.66. The topological polar surface area (TPSA) is 79.4 Å². The number of carbonyl (C=O) groups is 1. The maximum atomic E-state index is 12.5. The first-order valence-corrected chi connectivity index (χ1v) is 9.54. The first-order chi connectivity index (χ1) is 10.9. The van der Waals surface area contributed by atoms with Crippen LogP contribution >= 0.6 is 11.3 Å².